The number of hydrogen-bond donors (Lipinski definition) is 0. The Hall–Kier alpha value is -3.69. The molecule has 4 rings (SSSR count). The smallest absolute Gasteiger partial charge is 0.254 e. The van der Waals surface area contributed by atoms with Crippen LogP contribution in [-0.2, 0) is 22.6 Å². The van der Waals surface area contributed by atoms with Gasteiger partial charge in [-0.1, -0.05) is 25.5 Å². The maximum atomic E-state index is 13.7. The van der Waals surface area contributed by atoms with E-state index in [-0.39, 0.29) is 37.3 Å². The van der Waals surface area contributed by atoms with Gasteiger partial charge < -0.3 is 23.7 Å². The topological polar surface area (TPSA) is 75.5 Å². The van der Waals surface area contributed by atoms with Crippen molar-refractivity contribution in [1.82, 2.24) is 14.7 Å². The van der Waals surface area contributed by atoms with Crippen LogP contribution in [0.4, 0.5) is 4.39 Å². The quantitative estimate of drug-likeness (QED) is 0.242. The first kappa shape index (κ1) is 30.3. The van der Waals surface area contributed by atoms with Gasteiger partial charge in [-0.2, -0.15) is 0 Å². The number of morpholine rings is 1. The van der Waals surface area contributed by atoms with E-state index in [0.29, 0.717) is 43.4 Å². The molecule has 2 amide bonds. The van der Waals surface area contributed by atoms with Crippen LogP contribution in [0.1, 0.15) is 47.9 Å². The zero-order valence-corrected chi connectivity index (χ0v) is 23.8. The molecule has 0 bridgehead atoms. The summed E-state index contributed by atoms with van der Waals surface area (Å²) in [6, 6.07) is 16.8. The first-order chi connectivity index (χ1) is 20.0. The highest BCUT2D eigenvalue weighted by molar-refractivity contribution is 5.96. The maximum Gasteiger partial charge on any atom is 0.254 e. The highest BCUT2D eigenvalue weighted by Gasteiger charge is 2.24. The van der Waals surface area contributed by atoms with Gasteiger partial charge in [-0.3, -0.25) is 14.5 Å². The molecule has 2 aromatic carbocycles. The Morgan fingerprint density at radius 3 is 2.39 bits per heavy atom. The Morgan fingerprint density at radius 2 is 1.71 bits per heavy atom. The summed E-state index contributed by atoms with van der Waals surface area (Å²) in [5.74, 6) is 0.583. The van der Waals surface area contributed by atoms with Crippen molar-refractivity contribution < 1.29 is 27.9 Å². The maximum absolute atomic E-state index is 13.7. The summed E-state index contributed by atoms with van der Waals surface area (Å²) >= 11 is 0. The highest BCUT2D eigenvalue weighted by Crippen LogP contribution is 2.17. The van der Waals surface area contributed by atoms with E-state index in [1.54, 1.807) is 64.6 Å². The van der Waals surface area contributed by atoms with Crippen LogP contribution in [0.2, 0.25) is 0 Å². The third-order valence-corrected chi connectivity index (χ3v) is 7.05. The summed E-state index contributed by atoms with van der Waals surface area (Å²) in [4.78, 5) is 33.0. The standard InChI is InChI=1S/C32H40FN3O5/c1-2-3-19-40-29-13-9-27(10-14-29)32(38)35(16-5-15-34-17-21-39-22-18-34)25-31(37)36(24-30-6-4-20-41-30)23-26-7-11-28(33)12-8-26/h4,6-14,20H,2-3,5,15-19,21-25H2,1H3. The van der Waals surface area contributed by atoms with E-state index in [1.807, 2.05) is 0 Å². The molecule has 1 aliphatic rings. The second-order valence-electron chi connectivity index (χ2n) is 10.2. The van der Waals surface area contributed by atoms with Gasteiger partial charge in [-0.15, -0.1) is 0 Å². The lowest BCUT2D eigenvalue weighted by molar-refractivity contribution is -0.133. The molecule has 1 saturated heterocycles. The number of carbonyl (C=O) groups is 2. The lowest BCUT2D eigenvalue weighted by Crippen LogP contribution is -2.44. The molecule has 0 saturated carbocycles. The molecule has 0 radical (unpaired) electrons. The molecule has 9 heteroatoms. The minimum atomic E-state index is -0.337. The van der Waals surface area contributed by atoms with Gasteiger partial charge in [0, 0.05) is 38.3 Å². The van der Waals surface area contributed by atoms with Crippen molar-refractivity contribution >= 4 is 11.8 Å². The van der Waals surface area contributed by atoms with Crippen molar-refractivity contribution in [3.63, 3.8) is 0 Å². The number of ether oxygens (including phenoxy) is 2. The highest BCUT2D eigenvalue weighted by atomic mass is 19.1. The van der Waals surface area contributed by atoms with Crippen LogP contribution in [0.3, 0.4) is 0 Å². The van der Waals surface area contributed by atoms with E-state index in [0.717, 1.165) is 44.5 Å². The van der Waals surface area contributed by atoms with E-state index in [9.17, 15) is 14.0 Å². The average Bonchev–Trinajstić information content (AvgIpc) is 3.51. The van der Waals surface area contributed by atoms with Gasteiger partial charge in [0.15, 0.2) is 0 Å². The van der Waals surface area contributed by atoms with Crippen LogP contribution in [-0.4, -0.2) is 79.1 Å². The van der Waals surface area contributed by atoms with Crippen molar-refractivity contribution in [2.45, 2.75) is 39.3 Å². The van der Waals surface area contributed by atoms with Gasteiger partial charge in [0.25, 0.3) is 5.91 Å². The fourth-order valence-corrected chi connectivity index (χ4v) is 4.67. The second-order valence-corrected chi connectivity index (χ2v) is 10.2. The Morgan fingerprint density at radius 1 is 0.951 bits per heavy atom. The third-order valence-electron chi connectivity index (χ3n) is 7.05. The number of hydrogen-bond acceptors (Lipinski definition) is 6. The van der Waals surface area contributed by atoms with Gasteiger partial charge in [0.05, 0.1) is 32.6 Å². The van der Waals surface area contributed by atoms with Gasteiger partial charge in [-0.25, -0.2) is 4.39 Å². The third kappa shape index (κ3) is 9.72. The second kappa shape index (κ2) is 15.9. The number of halogens is 1. The normalized spacial score (nSPS) is 13.6. The van der Waals surface area contributed by atoms with Crippen LogP contribution in [0.5, 0.6) is 5.75 Å². The molecule has 0 atom stereocenters. The van der Waals surface area contributed by atoms with Gasteiger partial charge in [0.1, 0.15) is 23.9 Å². The first-order valence-electron chi connectivity index (χ1n) is 14.4. The van der Waals surface area contributed by atoms with Crippen molar-refractivity contribution in [1.29, 1.82) is 0 Å². The molecule has 1 aliphatic heterocycles. The largest absolute Gasteiger partial charge is 0.494 e. The molecule has 0 unspecified atom stereocenters. The van der Waals surface area contributed by atoms with E-state index in [4.69, 9.17) is 13.9 Å². The fraction of sp³-hybridized carbons (Fsp3) is 0.438. The van der Waals surface area contributed by atoms with Crippen LogP contribution < -0.4 is 4.74 Å². The summed E-state index contributed by atoms with van der Waals surface area (Å²) in [5.41, 5.74) is 1.29. The van der Waals surface area contributed by atoms with Gasteiger partial charge in [-0.05, 0) is 66.9 Å². The van der Waals surface area contributed by atoms with Crippen molar-refractivity contribution in [3.8, 4) is 5.75 Å². The Labute approximate surface area is 241 Å². The van der Waals surface area contributed by atoms with Gasteiger partial charge >= 0.3 is 0 Å². The Bertz CT molecular complexity index is 1200. The molecule has 1 fully saturated rings. The molecule has 0 aliphatic carbocycles. The minimum absolute atomic E-state index is 0.0847. The lowest BCUT2D eigenvalue weighted by Gasteiger charge is -2.30. The van der Waals surface area contributed by atoms with E-state index in [1.165, 1.54) is 12.1 Å². The number of rotatable bonds is 15. The van der Waals surface area contributed by atoms with Crippen LogP contribution in [0, 0.1) is 5.82 Å². The summed E-state index contributed by atoms with van der Waals surface area (Å²) < 4.78 is 30.2. The zero-order valence-electron chi connectivity index (χ0n) is 23.8. The number of furan rings is 1. The molecule has 1 aromatic heterocycles. The van der Waals surface area contributed by atoms with Crippen molar-refractivity contribution in [3.05, 3.63) is 89.6 Å². The van der Waals surface area contributed by atoms with E-state index in [2.05, 4.69) is 11.8 Å². The van der Waals surface area contributed by atoms with Crippen LogP contribution >= 0.6 is 0 Å². The Balaban J connectivity index is 1.47. The SMILES string of the molecule is CCCCOc1ccc(C(=O)N(CCCN2CCOCC2)CC(=O)N(Cc2ccc(F)cc2)Cc2ccco2)cc1. The number of carbonyl (C=O) groups excluding carboxylic acids is 2. The lowest BCUT2D eigenvalue weighted by atomic mass is 10.1. The molecule has 2 heterocycles. The monoisotopic (exact) mass is 565 g/mol. The van der Waals surface area contributed by atoms with E-state index < -0.39 is 0 Å². The zero-order chi connectivity index (χ0) is 28.9. The number of amides is 2. The van der Waals surface area contributed by atoms with Crippen LogP contribution in [0.15, 0.2) is 71.3 Å². The molecule has 41 heavy (non-hydrogen) atoms. The summed E-state index contributed by atoms with van der Waals surface area (Å²) in [6.45, 7) is 7.54. The molecule has 3 aromatic rings. The van der Waals surface area contributed by atoms with Crippen molar-refractivity contribution in [2.75, 3.05) is 52.5 Å². The molecule has 220 valence electrons. The van der Waals surface area contributed by atoms with E-state index >= 15 is 0 Å². The Kier molecular flexibility index (Phi) is 11.8. The van der Waals surface area contributed by atoms with Crippen LogP contribution in [0.25, 0.3) is 0 Å². The number of nitrogens with zero attached hydrogens (tertiary/aromatic N) is 3. The molecular weight excluding hydrogens is 525 g/mol. The molecule has 0 N–H and O–H groups in total. The molecule has 8 nitrogen and oxygen atoms in total. The minimum Gasteiger partial charge on any atom is -0.494 e. The molecular formula is C32H40FN3O5. The molecule has 0 spiro atoms. The number of unbranched alkanes of at least 4 members (excludes halogenated alkanes) is 1. The average molecular weight is 566 g/mol. The number of benzene rings is 2. The fourth-order valence-electron chi connectivity index (χ4n) is 4.67. The summed E-state index contributed by atoms with van der Waals surface area (Å²) in [6.07, 6.45) is 4.30. The van der Waals surface area contributed by atoms with Crippen molar-refractivity contribution in [2.24, 2.45) is 0 Å². The summed E-state index contributed by atoms with van der Waals surface area (Å²) in [7, 11) is 0. The summed E-state index contributed by atoms with van der Waals surface area (Å²) in [5, 5.41) is 0. The van der Waals surface area contributed by atoms with Gasteiger partial charge in [0.2, 0.25) is 5.91 Å². The predicted molar refractivity (Wildman–Crippen MR) is 154 cm³/mol. The first-order valence-corrected chi connectivity index (χ1v) is 14.4. The predicted octanol–water partition coefficient (Wildman–Crippen LogP) is 4.99.